The molecule has 4 N–H and O–H groups in total. The van der Waals surface area contributed by atoms with Crippen molar-refractivity contribution < 1.29 is 10.2 Å². The molecule has 0 aliphatic heterocycles. The third-order valence-corrected chi connectivity index (χ3v) is 1.65. The average molecular weight is 117 g/mol. The number of hydrogen-bond donors (Lipinski definition) is 3. The van der Waals surface area contributed by atoms with Crippen molar-refractivity contribution in [2.45, 2.75) is 31.1 Å². The summed E-state index contributed by atoms with van der Waals surface area (Å²) in [6.07, 6.45) is 0.319. The number of hydrogen-bond acceptors (Lipinski definition) is 3. The molecular formula is C5H11NO2. The Morgan fingerprint density at radius 1 is 1.12 bits per heavy atom. The molecule has 2 unspecified atom stereocenters. The predicted octanol–water partition coefficient (Wildman–Crippen LogP) is -1.17. The molecule has 8 heavy (non-hydrogen) atoms. The molecule has 0 aromatic rings. The van der Waals surface area contributed by atoms with Gasteiger partial charge in [0, 0.05) is 0 Å². The largest absolute Gasteiger partial charge is 0.391 e. The topological polar surface area (TPSA) is 66.5 Å². The van der Waals surface area contributed by atoms with Crippen molar-refractivity contribution in [2.24, 2.45) is 5.73 Å². The van der Waals surface area contributed by atoms with Crippen molar-refractivity contribution in [3.63, 3.8) is 0 Å². The molecule has 0 aromatic heterocycles. The van der Waals surface area contributed by atoms with E-state index in [1.165, 1.54) is 0 Å². The zero-order chi connectivity index (χ0) is 6.15. The Hall–Kier alpha value is -0.120. The zero-order valence-electron chi connectivity index (χ0n) is 4.62. The summed E-state index contributed by atoms with van der Waals surface area (Å²) in [6.45, 7) is 0. The summed E-state index contributed by atoms with van der Waals surface area (Å²) in [5, 5.41) is 17.8. The van der Waals surface area contributed by atoms with Gasteiger partial charge in [-0.25, -0.2) is 0 Å². The zero-order valence-corrected chi connectivity index (χ0v) is 4.62. The predicted molar refractivity (Wildman–Crippen MR) is 29.2 cm³/mol. The molecule has 0 aromatic carbocycles. The summed E-state index contributed by atoms with van der Waals surface area (Å²) in [6, 6.07) is -0.407. The Morgan fingerprint density at radius 3 is 1.62 bits per heavy atom. The normalized spacial score (nSPS) is 47.6. The van der Waals surface area contributed by atoms with Gasteiger partial charge in [0.15, 0.2) is 0 Å². The standard InChI is InChI=1S/C5H11NO2/c6-5-3(7)1-2-4(5)8/h3-5,7-8H,1-2,6H2. The van der Waals surface area contributed by atoms with Crippen LogP contribution in [0.3, 0.4) is 0 Å². The van der Waals surface area contributed by atoms with Crippen LogP contribution in [0.15, 0.2) is 0 Å². The minimum absolute atomic E-state index is 0.407. The van der Waals surface area contributed by atoms with Crippen molar-refractivity contribution in [1.29, 1.82) is 0 Å². The third kappa shape index (κ3) is 0.844. The third-order valence-electron chi connectivity index (χ3n) is 1.65. The second-order valence-corrected chi connectivity index (χ2v) is 2.29. The second-order valence-electron chi connectivity index (χ2n) is 2.29. The lowest BCUT2D eigenvalue weighted by Crippen LogP contribution is -2.37. The summed E-state index contributed by atoms with van der Waals surface area (Å²) < 4.78 is 0. The number of nitrogens with two attached hydrogens (primary N) is 1. The number of rotatable bonds is 0. The molecule has 1 rings (SSSR count). The molecule has 1 saturated carbocycles. The van der Waals surface area contributed by atoms with Crippen molar-refractivity contribution in [2.75, 3.05) is 0 Å². The van der Waals surface area contributed by atoms with Crippen LogP contribution in [0, 0.1) is 0 Å². The summed E-state index contributed by atoms with van der Waals surface area (Å²) in [5.74, 6) is 0. The lowest BCUT2D eigenvalue weighted by Gasteiger charge is -2.10. The lowest BCUT2D eigenvalue weighted by molar-refractivity contribution is 0.110. The van der Waals surface area contributed by atoms with Crippen LogP contribution in [-0.2, 0) is 0 Å². The van der Waals surface area contributed by atoms with Crippen LogP contribution in [0.4, 0.5) is 0 Å². The van der Waals surface area contributed by atoms with Gasteiger partial charge in [-0.05, 0) is 12.8 Å². The molecule has 0 amide bonds. The number of aliphatic hydroxyl groups is 2. The van der Waals surface area contributed by atoms with Gasteiger partial charge in [0.05, 0.1) is 18.2 Å². The van der Waals surface area contributed by atoms with E-state index in [-0.39, 0.29) is 0 Å². The van der Waals surface area contributed by atoms with E-state index in [2.05, 4.69) is 0 Å². The maximum atomic E-state index is 8.88. The number of aliphatic hydroxyl groups excluding tert-OH is 2. The van der Waals surface area contributed by atoms with Gasteiger partial charge in [0.1, 0.15) is 0 Å². The first-order chi connectivity index (χ1) is 3.72. The van der Waals surface area contributed by atoms with Crippen molar-refractivity contribution in [3.05, 3.63) is 0 Å². The van der Waals surface area contributed by atoms with Gasteiger partial charge >= 0.3 is 0 Å². The minimum Gasteiger partial charge on any atom is -0.391 e. The molecule has 3 heteroatoms. The van der Waals surface area contributed by atoms with Crippen molar-refractivity contribution in [1.82, 2.24) is 0 Å². The molecule has 1 aliphatic carbocycles. The van der Waals surface area contributed by atoms with E-state index in [0.717, 1.165) is 0 Å². The highest BCUT2D eigenvalue weighted by Crippen LogP contribution is 2.16. The fourth-order valence-corrected chi connectivity index (χ4v) is 0.983. The Morgan fingerprint density at radius 2 is 1.50 bits per heavy atom. The molecule has 1 aliphatic rings. The van der Waals surface area contributed by atoms with Crippen LogP contribution in [-0.4, -0.2) is 28.5 Å². The highest BCUT2D eigenvalue weighted by Gasteiger charge is 2.29. The van der Waals surface area contributed by atoms with Gasteiger partial charge in [0.2, 0.25) is 0 Å². The van der Waals surface area contributed by atoms with E-state index in [9.17, 15) is 0 Å². The van der Waals surface area contributed by atoms with Gasteiger partial charge in [-0.15, -0.1) is 0 Å². The van der Waals surface area contributed by atoms with Crippen LogP contribution in [0.25, 0.3) is 0 Å². The smallest absolute Gasteiger partial charge is 0.0717 e. The van der Waals surface area contributed by atoms with Crippen LogP contribution >= 0.6 is 0 Å². The highest BCUT2D eigenvalue weighted by atomic mass is 16.3. The van der Waals surface area contributed by atoms with Gasteiger partial charge in [-0.3, -0.25) is 0 Å². The molecule has 1 fully saturated rings. The molecule has 3 nitrogen and oxygen atoms in total. The Balaban J connectivity index is 2.44. The van der Waals surface area contributed by atoms with Gasteiger partial charge in [0.25, 0.3) is 0 Å². The van der Waals surface area contributed by atoms with Crippen LogP contribution in [0.5, 0.6) is 0 Å². The molecule has 2 atom stereocenters. The summed E-state index contributed by atoms with van der Waals surface area (Å²) in [4.78, 5) is 0. The van der Waals surface area contributed by atoms with Gasteiger partial charge < -0.3 is 15.9 Å². The summed E-state index contributed by atoms with van der Waals surface area (Å²) in [5.41, 5.74) is 5.32. The van der Waals surface area contributed by atoms with Crippen LogP contribution in [0.1, 0.15) is 12.8 Å². The van der Waals surface area contributed by atoms with E-state index in [0.29, 0.717) is 12.8 Å². The Bertz CT molecular complexity index is 76.5. The Kier molecular flexibility index (Phi) is 1.51. The molecule has 48 valence electrons. The molecule has 0 spiro atoms. The lowest BCUT2D eigenvalue weighted by atomic mass is 10.2. The maximum absolute atomic E-state index is 8.88. The first-order valence-electron chi connectivity index (χ1n) is 2.83. The Labute approximate surface area is 48.1 Å². The fourth-order valence-electron chi connectivity index (χ4n) is 0.983. The minimum atomic E-state index is -0.481. The molecular weight excluding hydrogens is 106 g/mol. The SMILES string of the molecule is NC1C(O)CCC1O. The molecule has 0 heterocycles. The maximum Gasteiger partial charge on any atom is 0.0717 e. The average Bonchev–Trinajstić information content (AvgIpc) is 1.98. The van der Waals surface area contributed by atoms with E-state index < -0.39 is 18.2 Å². The van der Waals surface area contributed by atoms with Crippen molar-refractivity contribution >= 4 is 0 Å². The second kappa shape index (κ2) is 2.01. The monoisotopic (exact) mass is 117 g/mol. The summed E-state index contributed by atoms with van der Waals surface area (Å²) in [7, 11) is 0. The van der Waals surface area contributed by atoms with Gasteiger partial charge in [-0.1, -0.05) is 0 Å². The summed E-state index contributed by atoms with van der Waals surface area (Å²) >= 11 is 0. The highest BCUT2D eigenvalue weighted by molar-refractivity contribution is 4.86. The van der Waals surface area contributed by atoms with E-state index in [4.69, 9.17) is 15.9 Å². The van der Waals surface area contributed by atoms with E-state index in [1.54, 1.807) is 0 Å². The molecule has 0 radical (unpaired) electrons. The molecule has 0 saturated heterocycles. The quantitative estimate of drug-likeness (QED) is 0.374. The molecule has 0 bridgehead atoms. The van der Waals surface area contributed by atoms with Crippen LogP contribution < -0.4 is 5.73 Å². The van der Waals surface area contributed by atoms with E-state index >= 15 is 0 Å². The first-order valence-corrected chi connectivity index (χ1v) is 2.83. The van der Waals surface area contributed by atoms with Crippen molar-refractivity contribution in [3.8, 4) is 0 Å². The first kappa shape index (κ1) is 6.01. The van der Waals surface area contributed by atoms with Gasteiger partial charge in [-0.2, -0.15) is 0 Å². The van der Waals surface area contributed by atoms with Crippen LogP contribution in [0.2, 0.25) is 0 Å². The van der Waals surface area contributed by atoms with E-state index in [1.807, 2.05) is 0 Å². The fraction of sp³-hybridized carbons (Fsp3) is 1.00.